The molecule has 0 aliphatic heterocycles. The fraction of sp³-hybridized carbons (Fsp3) is 0.833. The van der Waals surface area contributed by atoms with Crippen LogP contribution >= 0.6 is 19.4 Å². The fourth-order valence-electron chi connectivity index (χ4n) is 1.68. The van der Waals surface area contributed by atoms with E-state index in [0.29, 0.717) is 13.1 Å². The van der Waals surface area contributed by atoms with Gasteiger partial charge in [0.1, 0.15) is 0 Å². The van der Waals surface area contributed by atoms with Crippen LogP contribution in [0.15, 0.2) is 0 Å². The fourth-order valence-corrected chi connectivity index (χ4v) is 4.86. The van der Waals surface area contributed by atoms with Gasteiger partial charge in [-0.3, -0.25) is 14.2 Å². The zero-order valence-corrected chi connectivity index (χ0v) is 14.5. The van der Waals surface area contributed by atoms with Crippen LogP contribution in [-0.2, 0) is 23.2 Å². The van der Waals surface area contributed by atoms with Gasteiger partial charge in [0.05, 0.1) is 13.2 Å². The first-order chi connectivity index (χ1) is 9.41. The lowest BCUT2D eigenvalue weighted by Gasteiger charge is -2.25. The Morgan fingerprint density at radius 2 is 1.55 bits per heavy atom. The number of Topliss-reactive ketones (excluding diaryl/α,β-unsaturated/α-hetero) is 1. The van der Waals surface area contributed by atoms with Crippen molar-refractivity contribution < 1.29 is 23.2 Å². The molecule has 0 radical (unpaired) electrons. The lowest BCUT2D eigenvalue weighted by Crippen LogP contribution is -2.40. The van der Waals surface area contributed by atoms with E-state index in [1.807, 2.05) is 0 Å². The maximum absolute atomic E-state index is 12.6. The summed E-state index contributed by atoms with van der Waals surface area (Å²) < 4.78 is 23.0. The molecule has 0 saturated carbocycles. The molecule has 0 aliphatic rings. The molecule has 0 saturated heterocycles. The van der Waals surface area contributed by atoms with E-state index < -0.39 is 24.3 Å². The predicted octanol–water partition coefficient (Wildman–Crippen LogP) is 2.38. The molecule has 0 bridgehead atoms. The Labute approximate surface area is 125 Å². The van der Waals surface area contributed by atoms with Crippen molar-refractivity contribution in [1.29, 1.82) is 0 Å². The van der Waals surface area contributed by atoms with Gasteiger partial charge in [-0.25, -0.2) is 0 Å². The second-order valence-electron chi connectivity index (χ2n) is 3.81. The van der Waals surface area contributed by atoms with Crippen molar-refractivity contribution in [1.82, 2.24) is 4.90 Å². The van der Waals surface area contributed by atoms with Gasteiger partial charge < -0.3 is 13.9 Å². The second kappa shape index (κ2) is 9.55. The summed E-state index contributed by atoms with van der Waals surface area (Å²) in [5.41, 5.74) is 0. The van der Waals surface area contributed by atoms with E-state index in [1.165, 1.54) is 4.90 Å². The minimum absolute atomic E-state index is 0.154. The van der Waals surface area contributed by atoms with Gasteiger partial charge in [-0.1, -0.05) is 0 Å². The monoisotopic (exact) mass is 325 g/mol. The zero-order valence-electron chi connectivity index (χ0n) is 12.7. The Morgan fingerprint density at radius 3 is 1.85 bits per heavy atom. The van der Waals surface area contributed by atoms with Gasteiger partial charge in [0.25, 0.3) is 5.91 Å². The summed E-state index contributed by atoms with van der Waals surface area (Å²) in [7, 11) is -3.63. The van der Waals surface area contributed by atoms with Crippen LogP contribution in [0.1, 0.15) is 27.7 Å². The van der Waals surface area contributed by atoms with E-state index in [0.717, 1.165) is 11.8 Å². The number of nitrogens with zero attached hydrogens (tertiary/aromatic N) is 1. The number of carbonyl (C=O) groups is 2. The Hall–Kier alpha value is -0.360. The molecule has 0 aromatic rings. The minimum Gasteiger partial charge on any atom is -0.337 e. The molecule has 0 heterocycles. The number of thioether (sulfide) groups is 1. The van der Waals surface area contributed by atoms with Gasteiger partial charge in [-0.2, -0.15) is 0 Å². The third kappa shape index (κ3) is 4.88. The highest BCUT2D eigenvalue weighted by Gasteiger charge is 2.44. The van der Waals surface area contributed by atoms with E-state index in [1.54, 1.807) is 34.0 Å². The van der Waals surface area contributed by atoms with Crippen molar-refractivity contribution in [2.24, 2.45) is 0 Å². The molecule has 1 amide bonds. The normalized spacial score (nSPS) is 13.1. The Kier molecular flexibility index (Phi) is 9.38. The summed E-state index contributed by atoms with van der Waals surface area (Å²) in [6.07, 6.45) is 1.61. The average Bonchev–Trinajstić information content (AvgIpc) is 2.40. The first-order valence-electron chi connectivity index (χ1n) is 6.66. The van der Waals surface area contributed by atoms with Gasteiger partial charge in [0.15, 0.2) is 4.99 Å². The number of hydrogen-bond donors (Lipinski definition) is 0. The Morgan fingerprint density at radius 1 is 1.10 bits per heavy atom. The van der Waals surface area contributed by atoms with Gasteiger partial charge in [0.2, 0.25) is 5.78 Å². The van der Waals surface area contributed by atoms with E-state index in [2.05, 4.69) is 0 Å². The summed E-state index contributed by atoms with van der Waals surface area (Å²) in [6, 6.07) is 0. The molecule has 0 spiro atoms. The molecule has 1 unspecified atom stereocenters. The lowest BCUT2D eigenvalue weighted by atomic mass is 10.3. The van der Waals surface area contributed by atoms with Crippen LogP contribution < -0.4 is 0 Å². The molecule has 1 atom stereocenters. The SMILES string of the molecule is CCOP(=O)(OCC)C(SC)C(=O)C(=O)N(CC)CC. The predicted molar refractivity (Wildman–Crippen MR) is 81.1 cm³/mol. The van der Waals surface area contributed by atoms with Crippen LogP contribution in [0.4, 0.5) is 0 Å². The number of amides is 1. The van der Waals surface area contributed by atoms with E-state index in [9.17, 15) is 14.2 Å². The summed E-state index contributed by atoms with van der Waals surface area (Å²) in [6.45, 7) is 8.06. The van der Waals surface area contributed by atoms with E-state index >= 15 is 0 Å². The molecule has 0 N–H and O–H groups in total. The van der Waals surface area contributed by atoms with Crippen LogP contribution in [0.2, 0.25) is 0 Å². The summed E-state index contributed by atoms with van der Waals surface area (Å²) in [5.74, 6) is -1.37. The zero-order chi connectivity index (χ0) is 15.8. The summed E-state index contributed by atoms with van der Waals surface area (Å²) >= 11 is 1.02. The lowest BCUT2D eigenvalue weighted by molar-refractivity contribution is -0.143. The molecule has 118 valence electrons. The van der Waals surface area contributed by atoms with Crippen molar-refractivity contribution in [3.8, 4) is 0 Å². The standard InChI is InChI=1S/C12H24NO5PS/c1-6-13(7-2)11(15)10(14)12(20-5)19(16,17-8-3)18-9-4/h12H,6-9H2,1-5H3. The van der Waals surface area contributed by atoms with Crippen LogP contribution in [0.25, 0.3) is 0 Å². The highest BCUT2D eigenvalue weighted by atomic mass is 32.2. The highest BCUT2D eigenvalue weighted by Crippen LogP contribution is 2.56. The second-order valence-corrected chi connectivity index (χ2v) is 7.21. The van der Waals surface area contributed by atoms with Crippen molar-refractivity contribution in [2.45, 2.75) is 32.7 Å². The molecule has 0 aromatic heterocycles. The molecule has 8 heteroatoms. The van der Waals surface area contributed by atoms with Crippen LogP contribution in [-0.4, -0.2) is 54.1 Å². The number of carbonyl (C=O) groups excluding carboxylic acids is 2. The van der Waals surface area contributed by atoms with Crippen LogP contribution in [0.5, 0.6) is 0 Å². The van der Waals surface area contributed by atoms with Gasteiger partial charge in [-0.05, 0) is 34.0 Å². The molecular formula is C12H24NO5PS. The van der Waals surface area contributed by atoms with Gasteiger partial charge >= 0.3 is 7.60 Å². The van der Waals surface area contributed by atoms with Crippen LogP contribution in [0.3, 0.4) is 0 Å². The minimum atomic E-state index is -3.63. The van der Waals surface area contributed by atoms with E-state index in [-0.39, 0.29) is 13.2 Å². The van der Waals surface area contributed by atoms with Crippen molar-refractivity contribution in [3.05, 3.63) is 0 Å². The summed E-state index contributed by atoms with van der Waals surface area (Å²) in [5, 5.41) is 0. The number of hydrogen-bond acceptors (Lipinski definition) is 6. The molecule has 0 fully saturated rings. The maximum atomic E-state index is 12.6. The van der Waals surface area contributed by atoms with Crippen LogP contribution in [0, 0.1) is 0 Å². The molecule has 0 rings (SSSR count). The van der Waals surface area contributed by atoms with Crippen molar-refractivity contribution in [3.63, 3.8) is 0 Å². The molecule has 0 aliphatic carbocycles. The quantitative estimate of drug-likeness (QED) is 0.453. The smallest absolute Gasteiger partial charge is 0.337 e. The van der Waals surface area contributed by atoms with Gasteiger partial charge in [-0.15, -0.1) is 11.8 Å². The molecule has 6 nitrogen and oxygen atoms in total. The molecular weight excluding hydrogens is 301 g/mol. The van der Waals surface area contributed by atoms with Gasteiger partial charge in [0, 0.05) is 13.1 Å². The third-order valence-corrected chi connectivity index (χ3v) is 6.73. The molecule has 0 aromatic carbocycles. The van der Waals surface area contributed by atoms with Crippen molar-refractivity contribution in [2.75, 3.05) is 32.6 Å². The largest absolute Gasteiger partial charge is 0.351 e. The number of likely N-dealkylation sites (N-methyl/N-ethyl adjacent to an activating group) is 1. The first kappa shape index (κ1) is 19.6. The highest BCUT2D eigenvalue weighted by molar-refractivity contribution is 8.06. The Balaban J connectivity index is 5.27. The number of ketones is 1. The third-order valence-electron chi connectivity index (χ3n) is 2.61. The molecule has 20 heavy (non-hydrogen) atoms. The first-order valence-corrected chi connectivity index (χ1v) is 9.56. The summed E-state index contributed by atoms with van der Waals surface area (Å²) in [4.78, 5) is 24.7. The van der Waals surface area contributed by atoms with Crippen molar-refractivity contribution >= 4 is 31.0 Å². The Bertz CT molecular complexity index is 363. The number of rotatable bonds is 10. The maximum Gasteiger partial charge on any atom is 0.351 e. The van der Waals surface area contributed by atoms with E-state index in [4.69, 9.17) is 9.05 Å². The average molecular weight is 325 g/mol. The topological polar surface area (TPSA) is 72.9 Å².